The van der Waals surface area contributed by atoms with E-state index in [1.807, 2.05) is 13.8 Å². The van der Waals surface area contributed by atoms with Crippen molar-refractivity contribution in [3.05, 3.63) is 24.3 Å². The van der Waals surface area contributed by atoms with Gasteiger partial charge in [-0.25, -0.2) is 0 Å². The number of halogens is 1. The number of nitrogens with zero attached hydrogens (tertiary/aromatic N) is 1. The number of aromatic hydroxyl groups is 1. The van der Waals surface area contributed by atoms with Gasteiger partial charge in [0.05, 0.1) is 6.67 Å². The first-order chi connectivity index (χ1) is 8.48. The highest BCUT2D eigenvalue weighted by atomic mass is 19.1. The zero-order valence-corrected chi connectivity index (χ0v) is 10.9. The van der Waals surface area contributed by atoms with Crippen LogP contribution in [0.25, 0.3) is 0 Å². The highest BCUT2D eigenvalue weighted by molar-refractivity contribution is 5.30. The number of likely N-dealkylation sites (tertiary alicyclic amines) is 1. The van der Waals surface area contributed by atoms with Crippen molar-refractivity contribution in [2.75, 3.05) is 26.3 Å². The van der Waals surface area contributed by atoms with E-state index in [1.54, 1.807) is 24.3 Å². The van der Waals surface area contributed by atoms with Crippen molar-refractivity contribution < 1.29 is 14.2 Å². The molecule has 0 amide bonds. The molecule has 1 heterocycles. The summed E-state index contributed by atoms with van der Waals surface area (Å²) in [4.78, 5) is 2.20. The topological polar surface area (TPSA) is 32.7 Å². The van der Waals surface area contributed by atoms with Crippen molar-refractivity contribution in [2.24, 2.45) is 5.41 Å². The minimum atomic E-state index is -0.299. The van der Waals surface area contributed by atoms with Crippen LogP contribution in [0.2, 0.25) is 0 Å². The third-order valence-corrected chi connectivity index (χ3v) is 3.08. The molecule has 18 heavy (non-hydrogen) atoms. The second-order valence-corrected chi connectivity index (χ2v) is 5.73. The Kier molecular flexibility index (Phi) is 3.76. The van der Waals surface area contributed by atoms with E-state index in [9.17, 15) is 4.39 Å². The molecule has 0 aliphatic carbocycles. The van der Waals surface area contributed by atoms with Crippen LogP contribution in [0.5, 0.6) is 11.5 Å². The van der Waals surface area contributed by atoms with Crippen LogP contribution >= 0.6 is 0 Å². The van der Waals surface area contributed by atoms with Gasteiger partial charge in [-0.15, -0.1) is 0 Å². The molecule has 1 aliphatic rings. The van der Waals surface area contributed by atoms with Gasteiger partial charge in [0.1, 0.15) is 17.6 Å². The van der Waals surface area contributed by atoms with Crippen LogP contribution in [0.4, 0.5) is 4.39 Å². The predicted molar refractivity (Wildman–Crippen MR) is 68.7 cm³/mol. The molecule has 0 unspecified atom stereocenters. The van der Waals surface area contributed by atoms with Crippen molar-refractivity contribution in [3.63, 3.8) is 0 Å². The third kappa shape index (κ3) is 3.35. The molecule has 0 radical (unpaired) electrons. The van der Waals surface area contributed by atoms with Crippen LogP contribution in [0.3, 0.4) is 0 Å². The number of benzene rings is 1. The number of phenols is 1. The molecule has 4 heteroatoms. The molecule has 1 saturated heterocycles. The minimum absolute atomic E-state index is 0.171. The maximum Gasteiger partial charge on any atom is 0.124 e. The zero-order valence-electron chi connectivity index (χ0n) is 10.9. The van der Waals surface area contributed by atoms with E-state index >= 15 is 0 Å². The number of hydrogen-bond donors (Lipinski definition) is 1. The van der Waals surface area contributed by atoms with Crippen LogP contribution in [0.15, 0.2) is 24.3 Å². The molecular weight excluding hydrogens is 233 g/mol. The molecule has 3 nitrogen and oxygen atoms in total. The lowest BCUT2D eigenvalue weighted by Crippen LogP contribution is -2.56. The normalized spacial score (nSPS) is 17.5. The molecule has 0 spiro atoms. The molecule has 1 aliphatic heterocycles. The fourth-order valence-electron chi connectivity index (χ4n) is 2.09. The molecular formula is C14H20FNO2. The summed E-state index contributed by atoms with van der Waals surface area (Å²) in [6, 6.07) is 6.73. The van der Waals surface area contributed by atoms with Gasteiger partial charge in [0.2, 0.25) is 0 Å². The highest BCUT2D eigenvalue weighted by Gasteiger charge is 2.32. The Hall–Kier alpha value is -1.29. The Morgan fingerprint density at radius 1 is 1.33 bits per heavy atom. The summed E-state index contributed by atoms with van der Waals surface area (Å²) < 4.78 is 18.4. The molecule has 2 rings (SSSR count). The summed E-state index contributed by atoms with van der Waals surface area (Å²) in [6.45, 7) is 6.00. The van der Waals surface area contributed by atoms with Crippen LogP contribution in [0, 0.1) is 5.41 Å². The summed E-state index contributed by atoms with van der Waals surface area (Å²) in [5, 5.41) is 9.16. The third-order valence-electron chi connectivity index (χ3n) is 3.08. The molecule has 0 atom stereocenters. The maximum absolute atomic E-state index is 12.7. The summed E-state index contributed by atoms with van der Waals surface area (Å²) in [6.07, 6.45) is 0.171. The smallest absolute Gasteiger partial charge is 0.124 e. The van der Waals surface area contributed by atoms with E-state index in [1.165, 1.54) is 0 Å². The Labute approximate surface area is 107 Å². The highest BCUT2D eigenvalue weighted by Crippen LogP contribution is 2.24. The molecule has 100 valence electrons. The average molecular weight is 253 g/mol. The summed E-state index contributed by atoms with van der Waals surface area (Å²) in [5.74, 6) is 1.00. The lowest BCUT2D eigenvalue weighted by molar-refractivity contribution is -0.00596. The fourth-order valence-corrected chi connectivity index (χ4v) is 2.09. The number of ether oxygens (including phenoxy) is 1. The van der Waals surface area contributed by atoms with E-state index in [0.717, 1.165) is 25.4 Å². The first kappa shape index (κ1) is 13.1. The summed E-state index contributed by atoms with van der Waals surface area (Å²) in [5.41, 5.74) is -0.274. The quantitative estimate of drug-likeness (QED) is 0.875. The molecule has 0 saturated carbocycles. The van der Waals surface area contributed by atoms with Crippen molar-refractivity contribution in [3.8, 4) is 11.5 Å². The Bertz CT molecular complexity index is 385. The molecule has 1 aromatic carbocycles. The Morgan fingerprint density at radius 3 is 2.50 bits per heavy atom. The maximum atomic E-state index is 12.7. The van der Waals surface area contributed by atoms with Crippen LogP contribution < -0.4 is 4.74 Å². The predicted octanol–water partition coefficient (Wildman–Crippen LogP) is 2.45. The second kappa shape index (κ2) is 5.14. The van der Waals surface area contributed by atoms with E-state index in [-0.39, 0.29) is 23.9 Å². The largest absolute Gasteiger partial charge is 0.508 e. The van der Waals surface area contributed by atoms with Crippen LogP contribution in [-0.2, 0) is 0 Å². The number of rotatable bonds is 5. The Morgan fingerprint density at radius 2 is 1.94 bits per heavy atom. The summed E-state index contributed by atoms with van der Waals surface area (Å²) in [7, 11) is 0. The minimum Gasteiger partial charge on any atom is -0.508 e. The van der Waals surface area contributed by atoms with E-state index in [4.69, 9.17) is 9.84 Å². The van der Waals surface area contributed by atoms with Crippen LogP contribution in [0.1, 0.15) is 13.8 Å². The van der Waals surface area contributed by atoms with E-state index in [0.29, 0.717) is 0 Å². The van der Waals surface area contributed by atoms with Gasteiger partial charge < -0.3 is 9.84 Å². The molecule has 1 N–H and O–H groups in total. The molecule has 0 bridgehead atoms. The van der Waals surface area contributed by atoms with Gasteiger partial charge in [-0.2, -0.15) is 0 Å². The summed E-state index contributed by atoms with van der Waals surface area (Å²) >= 11 is 0. The van der Waals surface area contributed by atoms with E-state index < -0.39 is 0 Å². The van der Waals surface area contributed by atoms with Crippen molar-refractivity contribution in [2.45, 2.75) is 20.0 Å². The van der Waals surface area contributed by atoms with Gasteiger partial charge in [-0.05, 0) is 24.3 Å². The van der Waals surface area contributed by atoms with Gasteiger partial charge in [0.25, 0.3) is 0 Å². The van der Waals surface area contributed by atoms with Gasteiger partial charge in [-0.1, -0.05) is 13.8 Å². The van der Waals surface area contributed by atoms with Crippen molar-refractivity contribution >= 4 is 0 Å². The Balaban J connectivity index is 1.75. The second-order valence-electron chi connectivity index (χ2n) is 5.73. The van der Waals surface area contributed by atoms with Crippen LogP contribution in [-0.4, -0.2) is 42.4 Å². The SMILES string of the molecule is CC(C)(CF)CN1CC(Oc2ccc(O)cc2)C1. The number of phenolic OH excluding ortho intramolecular Hbond substituents is 1. The van der Waals surface area contributed by atoms with Gasteiger partial charge in [0.15, 0.2) is 0 Å². The molecule has 1 aromatic rings. The zero-order chi connectivity index (χ0) is 13.2. The molecule has 0 aromatic heterocycles. The lowest BCUT2D eigenvalue weighted by atomic mass is 9.93. The monoisotopic (exact) mass is 253 g/mol. The van der Waals surface area contributed by atoms with Crippen molar-refractivity contribution in [1.29, 1.82) is 0 Å². The number of hydrogen-bond acceptors (Lipinski definition) is 3. The first-order valence-electron chi connectivity index (χ1n) is 6.22. The number of alkyl halides is 1. The lowest BCUT2D eigenvalue weighted by Gasteiger charge is -2.42. The van der Waals surface area contributed by atoms with E-state index in [2.05, 4.69) is 4.90 Å². The van der Waals surface area contributed by atoms with Crippen molar-refractivity contribution in [1.82, 2.24) is 4.90 Å². The van der Waals surface area contributed by atoms with Gasteiger partial charge in [-0.3, -0.25) is 9.29 Å². The first-order valence-corrected chi connectivity index (χ1v) is 6.22. The molecule has 1 fully saturated rings. The fraction of sp³-hybridized carbons (Fsp3) is 0.571. The standard InChI is InChI=1S/C14H20FNO2/c1-14(2,9-15)10-16-7-13(8-16)18-12-5-3-11(17)4-6-12/h3-6,13,17H,7-10H2,1-2H3. The van der Waals surface area contributed by atoms with Gasteiger partial charge in [0, 0.05) is 25.0 Å². The van der Waals surface area contributed by atoms with Gasteiger partial charge >= 0.3 is 0 Å². The average Bonchev–Trinajstić information content (AvgIpc) is 2.29.